The van der Waals surface area contributed by atoms with Crippen LogP contribution in [0.4, 0.5) is 0 Å². The Bertz CT molecular complexity index is 896. The molecule has 3 aromatic rings. The van der Waals surface area contributed by atoms with E-state index < -0.39 is 0 Å². The van der Waals surface area contributed by atoms with Crippen molar-refractivity contribution in [2.45, 2.75) is 20.0 Å². The first-order valence-corrected chi connectivity index (χ1v) is 10.1. The van der Waals surface area contributed by atoms with Crippen molar-refractivity contribution in [2.75, 3.05) is 32.7 Å². The predicted octanol–water partition coefficient (Wildman–Crippen LogP) is 2.35. The number of nitrogens with zero attached hydrogens (tertiary/aromatic N) is 5. The van der Waals surface area contributed by atoms with Gasteiger partial charge in [-0.2, -0.15) is 0 Å². The molecule has 0 spiro atoms. The average Bonchev–Trinajstić information content (AvgIpc) is 3.44. The van der Waals surface area contributed by atoms with Crippen molar-refractivity contribution < 1.29 is 4.42 Å². The Morgan fingerprint density at radius 2 is 1.97 bits per heavy atom. The molecule has 2 aromatic heterocycles. The third-order valence-corrected chi connectivity index (χ3v) is 4.91. The molecule has 1 saturated heterocycles. The van der Waals surface area contributed by atoms with Crippen molar-refractivity contribution in [3.63, 3.8) is 0 Å². The molecule has 0 unspecified atom stereocenters. The second-order valence-electron chi connectivity index (χ2n) is 7.00. The summed E-state index contributed by atoms with van der Waals surface area (Å²) in [5.74, 6) is 2.84. The summed E-state index contributed by atoms with van der Waals surface area (Å²) in [7, 11) is 0. The highest BCUT2D eigenvalue weighted by molar-refractivity contribution is 5.80. The summed E-state index contributed by atoms with van der Waals surface area (Å²) in [6.07, 6.45) is 1.62. The minimum absolute atomic E-state index is 0.445. The van der Waals surface area contributed by atoms with E-state index in [0.717, 1.165) is 51.1 Å². The molecular formula is C21H27N7O. The molecule has 1 fully saturated rings. The van der Waals surface area contributed by atoms with E-state index in [-0.39, 0.29) is 0 Å². The Labute approximate surface area is 170 Å². The third kappa shape index (κ3) is 5.03. The van der Waals surface area contributed by atoms with E-state index in [0.29, 0.717) is 18.1 Å². The van der Waals surface area contributed by atoms with Crippen molar-refractivity contribution in [2.24, 2.45) is 4.99 Å². The fraction of sp³-hybridized carbons (Fsp3) is 0.381. The fourth-order valence-corrected chi connectivity index (χ4v) is 3.42. The first kappa shape index (κ1) is 19.2. The quantitative estimate of drug-likeness (QED) is 0.494. The van der Waals surface area contributed by atoms with E-state index in [4.69, 9.17) is 9.41 Å². The van der Waals surface area contributed by atoms with Crippen LogP contribution in [0.25, 0.3) is 11.6 Å². The number of aromatic amines is 1. The van der Waals surface area contributed by atoms with E-state index >= 15 is 0 Å². The number of hydrogen-bond donors (Lipinski definition) is 2. The number of aromatic nitrogens is 3. The molecule has 0 saturated carbocycles. The maximum absolute atomic E-state index is 5.34. The van der Waals surface area contributed by atoms with Crippen molar-refractivity contribution in [1.29, 1.82) is 0 Å². The molecule has 3 heterocycles. The molecule has 152 valence electrons. The van der Waals surface area contributed by atoms with Gasteiger partial charge in [-0.1, -0.05) is 30.3 Å². The molecule has 1 aromatic carbocycles. The number of nitrogens with one attached hydrogen (secondary N) is 2. The summed E-state index contributed by atoms with van der Waals surface area (Å²) in [5, 5.41) is 10.5. The fourth-order valence-electron chi connectivity index (χ4n) is 3.42. The van der Waals surface area contributed by atoms with Crippen molar-refractivity contribution in [3.05, 3.63) is 60.1 Å². The van der Waals surface area contributed by atoms with Crippen LogP contribution in [0.15, 0.2) is 58.1 Å². The number of furan rings is 1. The summed E-state index contributed by atoms with van der Waals surface area (Å²) >= 11 is 0. The van der Waals surface area contributed by atoms with Gasteiger partial charge in [0, 0.05) is 39.3 Å². The molecule has 8 heteroatoms. The van der Waals surface area contributed by atoms with Crippen LogP contribution in [0.3, 0.4) is 0 Å². The van der Waals surface area contributed by atoms with Crippen LogP contribution in [-0.4, -0.2) is 63.7 Å². The zero-order valence-electron chi connectivity index (χ0n) is 16.7. The molecule has 0 aliphatic carbocycles. The van der Waals surface area contributed by atoms with Gasteiger partial charge in [-0.05, 0) is 24.6 Å². The van der Waals surface area contributed by atoms with Crippen molar-refractivity contribution in [1.82, 2.24) is 30.3 Å². The molecule has 4 rings (SSSR count). The topological polar surface area (TPSA) is 85.6 Å². The second-order valence-corrected chi connectivity index (χ2v) is 7.00. The van der Waals surface area contributed by atoms with Gasteiger partial charge in [0.2, 0.25) is 5.82 Å². The summed E-state index contributed by atoms with van der Waals surface area (Å²) in [6.45, 7) is 8.30. The highest BCUT2D eigenvalue weighted by Crippen LogP contribution is 2.14. The Balaban J connectivity index is 1.34. The SMILES string of the molecule is CCNC(=NCc1nc(-c2ccco2)n[nH]1)N1CCN(Cc2ccccc2)CC1. The average molecular weight is 393 g/mol. The Hall–Kier alpha value is -3.13. The van der Waals surface area contributed by atoms with Crippen LogP contribution < -0.4 is 5.32 Å². The predicted molar refractivity (Wildman–Crippen MR) is 112 cm³/mol. The lowest BCUT2D eigenvalue weighted by atomic mass is 10.2. The minimum Gasteiger partial charge on any atom is -0.461 e. The van der Waals surface area contributed by atoms with Gasteiger partial charge in [0.15, 0.2) is 11.7 Å². The highest BCUT2D eigenvalue weighted by Gasteiger charge is 2.19. The maximum Gasteiger partial charge on any atom is 0.216 e. The zero-order chi connectivity index (χ0) is 19.9. The third-order valence-electron chi connectivity index (χ3n) is 4.91. The Kier molecular flexibility index (Phi) is 6.21. The molecule has 0 amide bonds. The van der Waals surface area contributed by atoms with Crippen molar-refractivity contribution in [3.8, 4) is 11.6 Å². The molecule has 29 heavy (non-hydrogen) atoms. The first-order chi connectivity index (χ1) is 14.3. The number of piperazine rings is 1. The van der Waals surface area contributed by atoms with Crippen LogP contribution in [0.2, 0.25) is 0 Å². The summed E-state index contributed by atoms with van der Waals surface area (Å²) < 4.78 is 5.34. The van der Waals surface area contributed by atoms with E-state index in [1.54, 1.807) is 6.26 Å². The smallest absolute Gasteiger partial charge is 0.216 e. The molecule has 1 aliphatic heterocycles. The number of rotatable bonds is 6. The monoisotopic (exact) mass is 393 g/mol. The van der Waals surface area contributed by atoms with E-state index in [1.165, 1.54) is 5.56 Å². The van der Waals surface area contributed by atoms with E-state index in [9.17, 15) is 0 Å². The maximum atomic E-state index is 5.34. The number of benzene rings is 1. The lowest BCUT2D eigenvalue weighted by molar-refractivity contribution is 0.172. The number of aliphatic imine (C=N–C) groups is 1. The number of hydrogen-bond acceptors (Lipinski definition) is 5. The summed E-state index contributed by atoms with van der Waals surface area (Å²) in [4.78, 5) is 14.0. The molecule has 0 bridgehead atoms. The van der Waals surface area contributed by atoms with Gasteiger partial charge >= 0.3 is 0 Å². The van der Waals surface area contributed by atoms with E-state index in [1.807, 2.05) is 12.1 Å². The number of H-pyrrole nitrogens is 1. The lowest BCUT2D eigenvalue weighted by Gasteiger charge is -2.36. The van der Waals surface area contributed by atoms with Crippen molar-refractivity contribution >= 4 is 5.96 Å². The molecule has 8 nitrogen and oxygen atoms in total. The van der Waals surface area contributed by atoms with Crippen LogP contribution in [-0.2, 0) is 13.1 Å². The zero-order valence-corrected chi connectivity index (χ0v) is 16.7. The molecule has 1 aliphatic rings. The lowest BCUT2D eigenvalue weighted by Crippen LogP contribution is -2.52. The molecule has 0 radical (unpaired) electrons. The van der Waals surface area contributed by atoms with Crippen LogP contribution in [0, 0.1) is 0 Å². The second kappa shape index (κ2) is 9.38. The van der Waals surface area contributed by atoms with Crippen LogP contribution in [0.5, 0.6) is 0 Å². The Morgan fingerprint density at radius 3 is 2.69 bits per heavy atom. The molecular weight excluding hydrogens is 366 g/mol. The number of guanidine groups is 1. The largest absolute Gasteiger partial charge is 0.461 e. The summed E-state index contributed by atoms with van der Waals surface area (Å²) in [5.41, 5.74) is 1.36. The van der Waals surface area contributed by atoms with Gasteiger partial charge in [0.25, 0.3) is 0 Å². The van der Waals surface area contributed by atoms with Gasteiger partial charge in [0.1, 0.15) is 12.4 Å². The normalized spacial score (nSPS) is 15.6. The minimum atomic E-state index is 0.445. The van der Waals surface area contributed by atoms with Gasteiger partial charge in [-0.25, -0.2) is 9.98 Å². The van der Waals surface area contributed by atoms with Crippen LogP contribution >= 0.6 is 0 Å². The van der Waals surface area contributed by atoms with Gasteiger partial charge in [-0.3, -0.25) is 10.00 Å². The highest BCUT2D eigenvalue weighted by atomic mass is 16.3. The molecule has 2 N–H and O–H groups in total. The van der Waals surface area contributed by atoms with Gasteiger partial charge in [-0.15, -0.1) is 5.10 Å². The van der Waals surface area contributed by atoms with Crippen LogP contribution in [0.1, 0.15) is 18.3 Å². The van der Waals surface area contributed by atoms with Gasteiger partial charge < -0.3 is 14.6 Å². The summed E-state index contributed by atoms with van der Waals surface area (Å²) in [6, 6.07) is 14.3. The molecule has 0 atom stereocenters. The Morgan fingerprint density at radius 1 is 1.14 bits per heavy atom. The first-order valence-electron chi connectivity index (χ1n) is 10.1. The standard InChI is InChI=1S/C21H27N7O/c1-2-22-21(23-15-19-24-20(26-25-19)18-9-6-14-29-18)28-12-10-27(11-13-28)16-17-7-4-3-5-8-17/h3-9,14H,2,10-13,15-16H2,1H3,(H,22,23)(H,24,25,26). The van der Waals surface area contributed by atoms with Gasteiger partial charge in [0.05, 0.1) is 6.26 Å². The van der Waals surface area contributed by atoms with E-state index in [2.05, 4.69) is 67.6 Å².